The molecule has 1 aliphatic rings. The van der Waals surface area contributed by atoms with Crippen LogP contribution >= 0.6 is 0 Å². The molecule has 0 bridgehead atoms. The lowest BCUT2D eigenvalue weighted by Gasteiger charge is -2.13. The van der Waals surface area contributed by atoms with E-state index in [1.165, 1.54) is 0 Å². The van der Waals surface area contributed by atoms with Crippen LogP contribution < -0.4 is 0 Å². The fourth-order valence-electron chi connectivity index (χ4n) is 2.48. The monoisotopic (exact) mass is 260 g/mol. The average molecular weight is 260 g/mol. The van der Waals surface area contributed by atoms with Gasteiger partial charge in [0.15, 0.2) is 0 Å². The van der Waals surface area contributed by atoms with Gasteiger partial charge in [-0.15, -0.1) is 0 Å². The van der Waals surface area contributed by atoms with Crippen LogP contribution in [0.25, 0.3) is 0 Å². The van der Waals surface area contributed by atoms with Gasteiger partial charge in [0.25, 0.3) is 0 Å². The molecule has 0 N–H and O–H groups in total. The molecule has 1 fully saturated rings. The Labute approximate surface area is 111 Å². The molecule has 0 radical (unpaired) electrons. The second-order valence-electron chi connectivity index (χ2n) is 4.87. The minimum atomic E-state index is -0.476. The van der Waals surface area contributed by atoms with E-state index in [4.69, 9.17) is 4.74 Å². The van der Waals surface area contributed by atoms with E-state index in [1.807, 2.05) is 30.3 Å². The molecule has 0 saturated heterocycles. The van der Waals surface area contributed by atoms with Gasteiger partial charge in [0.1, 0.15) is 19.2 Å². The molecule has 1 saturated carbocycles. The van der Waals surface area contributed by atoms with Gasteiger partial charge in [-0.1, -0.05) is 30.3 Å². The van der Waals surface area contributed by atoms with E-state index in [2.05, 4.69) is 0 Å². The summed E-state index contributed by atoms with van der Waals surface area (Å²) < 4.78 is 5.22. The highest BCUT2D eigenvalue weighted by atomic mass is 16.5. The normalized spacial score (nSPS) is 25.8. The molecule has 0 unspecified atom stereocenters. The van der Waals surface area contributed by atoms with Gasteiger partial charge in [-0.25, -0.2) is 0 Å². The zero-order valence-corrected chi connectivity index (χ0v) is 10.5. The summed E-state index contributed by atoms with van der Waals surface area (Å²) >= 11 is 0. The molecular formula is C15H16O4. The van der Waals surface area contributed by atoms with Gasteiger partial charge in [-0.2, -0.15) is 0 Å². The Morgan fingerprint density at radius 2 is 1.89 bits per heavy atom. The maximum atomic E-state index is 12.0. The van der Waals surface area contributed by atoms with Crippen molar-refractivity contribution in [3.8, 4) is 0 Å². The van der Waals surface area contributed by atoms with Crippen LogP contribution in [0.1, 0.15) is 18.4 Å². The van der Waals surface area contributed by atoms with Crippen molar-refractivity contribution in [1.82, 2.24) is 0 Å². The number of carbonyl (C=O) groups excluding carboxylic acids is 3. The van der Waals surface area contributed by atoms with E-state index < -0.39 is 11.8 Å². The molecule has 0 amide bonds. The first kappa shape index (κ1) is 13.5. The Balaban J connectivity index is 1.92. The molecule has 4 nitrogen and oxygen atoms in total. The lowest BCUT2D eigenvalue weighted by atomic mass is 9.98. The SMILES string of the molecule is O=C[C@@H]1C[C@H](C=O)[C@H](C(=O)OCc2ccccc2)C1. The third-order valence-corrected chi connectivity index (χ3v) is 3.54. The molecule has 0 spiro atoms. The molecule has 0 heterocycles. The minimum absolute atomic E-state index is 0.202. The summed E-state index contributed by atoms with van der Waals surface area (Å²) in [6, 6.07) is 9.37. The van der Waals surface area contributed by atoms with Gasteiger partial charge in [-0.05, 0) is 18.4 Å². The van der Waals surface area contributed by atoms with Gasteiger partial charge in [-0.3, -0.25) is 4.79 Å². The van der Waals surface area contributed by atoms with Crippen molar-refractivity contribution in [3.05, 3.63) is 35.9 Å². The molecule has 2 rings (SSSR count). The highest BCUT2D eigenvalue weighted by Gasteiger charge is 2.39. The molecule has 0 aromatic heterocycles. The van der Waals surface area contributed by atoms with Gasteiger partial charge in [0, 0.05) is 11.8 Å². The Hall–Kier alpha value is -1.97. The van der Waals surface area contributed by atoms with Gasteiger partial charge in [0.05, 0.1) is 5.92 Å². The fraction of sp³-hybridized carbons (Fsp3) is 0.400. The molecule has 1 aromatic rings. The lowest BCUT2D eigenvalue weighted by Crippen LogP contribution is -2.22. The Kier molecular flexibility index (Phi) is 4.44. The maximum Gasteiger partial charge on any atom is 0.310 e. The number of esters is 1. The van der Waals surface area contributed by atoms with Crippen molar-refractivity contribution in [1.29, 1.82) is 0 Å². The predicted octanol–water partition coefficient (Wildman–Crippen LogP) is 1.77. The third kappa shape index (κ3) is 3.28. The number of hydrogen-bond donors (Lipinski definition) is 0. The fourth-order valence-corrected chi connectivity index (χ4v) is 2.48. The van der Waals surface area contributed by atoms with E-state index >= 15 is 0 Å². The van der Waals surface area contributed by atoms with E-state index in [9.17, 15) is 14.4 Å². The second-order valence-corrected chi connectivity index (χ2v) is 4.87. The number of ether oxygens (including phenoxy) is 1. The van der Waals surface area contributed by atoms with Gasteiger partial charge >= 0.3 is 5.97 Å². The maximum absolute atomic E-state index is 12.0. The summed E-state index contributed by atoms with van der Waals surface area (Å²) in [5.74, 6) is -1.45. The largest absolute Gasteiger partial charge is 0.461 e. The minimum Gasteiger partial charge on any atom is -0.461 e. The summed E-state index contributed by atoms with van der Waals surface area (Å²) in [5, 5.41) is 0. The van der Waals surface area contributed by atoms with Crippen LogP contribution in [-0.2, 0) is 25.7 Å². The molecule has 0 aliphatic heterocycles. The first-order chi connectivity index (χ1) is 9.24. The summed E-state index contributed by atoms with van der Waals surface area (Å²) in [6.07, 6.45) is 2.46. The molecule has 4 heteroatoms. The van der Waals surface area contributed by atoms with Crippen LogP contribution in [-0.4, -0.2) is 18.5 Å². The van der Waals surface area contributed by atoms with Crippen molar-refractivity contribution in [2.75, 3.05) is 0 Å². The van der Waals surface area contributed by atoms with Crippen molar-refractivity contribution in [3.63, 3.8) is 0 Å². The molecule has 19 heavy (non-hydrogen) atoms. The quantitative estimate of drug-likeness (QED) is 0.598. The van der Waals surface area contributed by atoms with Crippen LogP contribution in [0.4, 0.5) is 0 Å². The highest BCUT2D eigenvalue weighted by molar-refractivity contribution is 5.78. The lowest BCUT2D eigenvalue weighted by molar-refractivity contribution is -0.152. The molecule has 1 aliphatic carbocycles. The number of rotatable bonds is 5. The van der Waals surface area contributed by atoms with Crippen molar-refractivity contribution < 1.29 is 19.1 Å². The number of carbonyl (C=O) groups is 3. The predicted molar refractivity (Wildman–Crippen MR) is 68.1 cm³/mol. The zero-order chi connectivity index (χ0) is 13.7. The van der Waals surface area contributed by atoms with E-state index in [0.29, 0.717) is 12.8 Å². The van der Waals surface area contributed by atoms with E-state index in [1.54, 1.807) is 0 Å². The standard InChI is InChI=1S/C15H16O4/c16-8-12-6-13(9-17)14(7-12)15(18)19-10-11-4-2-1-3-5-11/h1-5,8-9,12-14H,6-7,10H2/t12-,13-,14-/m1/s1. The zero-order valence-electron chi connectivity index (χ0n) is 10.5. The van der Waals surface area contributed by atoms with Crippen molar-refractivity contribution in [2.45, 2.75) is 19.4 Å². The summed E-state index contributed by atoms with van der Waals surface area (Å²) in [6.45, 7) is 0.202. The van der Waals surface area contributed by atoms with Crippen molar-refractivity contribution in [2.24, 2.45) is 17.8 Å². The molecule has 3 atom stereocenters. The first-order valence-corrected chi connectivity index (χ1v) is 6.35. The Morgan fingerprint density at radius 3 is 2.53 bits per heavy atom. The Bertz CT molecular complexity index is 454. The van der Waals surface area contributed by atoms with Crippen LogP contribution in [0.15, 0.2) is 30.3 Å². The van der Waals surface area contributed by atoms with E-state index in [-0.39, 0.29) is 18.5 Å². The summed E-state index contributed by atoms with van der Waals surface area (Å²) in [4.78, 5) is 33.6. The molecular weight excluding hydrogens is 244 g/mol. The second kappa shape index (κ2) is 6.27. The van der Waals surface area contributed by atoms with Crippen LogP contribution in [0.5, 0.6) is 0 Å². The third-order valence-electron chi connectivity index (χ3n) is 3.54. The van der Waals surface area contributed by atoms with Gasteiger partial charge < -0.3 is 14.3 Å². The molecule has 1 aromatic carbocycles. The van der Waals surface area contributed by atoms with Gasteiger partial charge in [0.2, 0.25) is 0 Å². The Morgan fingerprint density at radius 1 is 1.16 bits per heavy atom. The molecule has 100 valence electrons. The van der Waals surface area contributed by atoms with Crippen LogP contribution in [0.2, 0.25) is 0 Å². The number of benzene rings is 1. The van der Waals surface area contributed by atoms with Crippen LogP contribution in [0, 0.1) is 17.8 Å². The number of hydrogen-bond acceptors (Lipinski definition) is 4. The van der Waals surface area contributed by atoms with E-state index in [0.717, 1.165) is 18.1 Å². The average Bonchev–Trinajstić information content (AvgIpc) is 2.89. The summed E-state index contributed by atoms with van der Waals surface area (Å²) in [7, 11) is 0. The van der Waals surface area contributed by atoms with Crippen molar-refractivity contribution >= 4 is 18.5 Å². The summed E-state index contributed by atoms with van der Waals surface area (Å²) in [5.41, 5.74) is 0.906. The first-order valence-electron chi connectivity index (χ1n) is 6.35. The highest BCUT2D eigenvalue weighted by Crippen LogP contribution is 2.35. The topological polar surface area (TPSA) is 60.4 Å². The van der Waals surface area contributed by atoms with Crippen LogP contribution in [0.3, 0.4) is 0 Å². The smallest absolute Gasteiger partial charge is 0.310 e. The number of aldehydes is 2.